The van der Waals surface area contributed by atoms with E-state index in [1.165, 1.54) is 0 Å². The Bertz CT molecular complexity index is 275. The molecule has 1 atom stereocenters. The molecule has 2 nitrogen and oxygen atoms in total. The van der Waals surface area contributed by atoms with Gasteiger partial charge in [0.2, 0.25) is 0 Å². The van der Waals surface area contributed by atoms with E-state index in [-0.39, 0.29) is 11.7 Å². The minimum atomic E-state index is 0.142. The Morgan fingerprint density at radius 1 is 1.58 bits per heavy atom. The van der Waals surface area contributed by atoms with E-state index < -0.39 is 0 Å². The van der Waals surface area contributed by atoms with Gasteiger partial charge in [-0.3, -0.25) is 0 Å². The Balaban J connectivity index is 3.07. The van der Waals surface area contributed by atoms with Gasteiger partial charge in [-0.15, -0.1) is 0 Å². The quantitative estimate of drug-likeness (QED) is 0.742. The van der Waals surface area contributed by atoms with Crippen LogP contribution < -0.4 is 5.73 Å². The summed E-state index contributed by atoms with van der Waals surface area (Å²) in [7, 11) is 0. The van der Waals surface area contributed by atoms with Crippen molar-refractivity contribution in [2.45, 2.75) is 12.8 Å². The van der Waals surface area contributed by atoms with Gasteiger partial charge in [-0.1, -0.05) is 30.7 Å². The second kappa shape index (κ2) is 3.78. The van der Waals surface area contributed by atoms with E-state index in [9.17, 15) is 5.11 Å². The molecule has 3 N–H and O–H groups in total. The number of phenolic OH excluding ortho intramolecular Hbond substituents is 1. The maximum atomic E-state index is 9.51. The maximum Gasteiger partial charge on any atom is 0.137 e. The van der Waals surface area contributed by atoms with Crippen LogP contribution in [0, 0.1) is 0 Å². The highest BCUT2D eigenvalue weighted by Gasteiger charge is 2.10. The average molecular weight is 186 g/mol. The van der Waals surface area contributed by atoms with Gasteiger partial charge in [0.05, 0.1) is 5.02 Å². The monoisotopic (exact) mass is 185 g/mol. The van der Waals surface area contributed by atoms with E-state index in [1.807, 2.05) is 19.1 Å². The van der Waals surface area contributed by atoms with Crippen LogP contribution in [-0.2, 0) is 0 Å². The van der Waals surface area contributed by atoms with Crippen molar-refractivity contribution in [2.24, 2.45) is 5.73 Å². The van der Waals surface area contributed by atoms with Crippen molar-refractivity contribution < 1.29 is 5.11 Å². The molecule has 1 aromatic rings. The third kappa shape index (κ3) is 1.71. The minimum absolute atomic E-state index is 0.142. The molecular formula is C9H12ClNO. The van der Waals surface area contributed by atoms with Gasteiger partial charge >= 0.3 is 0 Å². The summed E-state index contributed by atoms with van der Waals surface area (Å²) in [4.78, 5) is 0. The van der Waals surface area contributed by atoms with Crippen molar-refractivity contribution in [1.29, 1.82) is 0 Å². The van der Waals surface area contributed by atoms with Crippen molar-refractivity contribution in [3.05, 3.63) is 28.8 Å². The molecule has 0 saturated carbocycles. The van der Waals surface area contributed by atoms with Crippen molar-refractivity contribution >= 4 is 11.6 Å². The molecule has 0 spiro atoms. The van der Waals surface area contributed by atoms with E-state index in [0.29, 0.717) is 11.6 Å². The summed E-state index contributed by atoms with van der Waals surface area (Å²) in [5.41, 5.74) is 6.28. The highest BCUT2D eigenvalue weighted by atomic mass is 35.5. The molecule has 0 aliphatic carbocycles. The van der Waals surface area contributed by atoms with E-state index in [4.69, 9.17) is 17.3 Å². The molecule has 0 radical (unpaired) electrons. The summed E-state index contributed by atoms with van der Waals surface area (Å²) in [5, 5.41) is 9.89. The molecule has 1 unspecified atom stereocenters. The van der Waals surface area contributed by atoms with Gasteiger partial charge in [0.15, 0.2) is 0 Å². The lowest BCUT2D eigenvalue weighted by Crippen LogP contribution is -2.08. The Labute approximate surface area is 77.0 Å². The van der Waals surface area contributed by atoms with Gasteiger partial charge in [0.1, 0.15) is 5.75 Å². The molecule has 12 heavy (non-hydrogen) atoms. The number of nitrogens with two attached hydrogens (primary N) is 1. The summed E-state index contributed by atoms with van der Waals surface area (Å²) >= 11 is 5.72. The first-order valence-electron chi connectivity index (χ1n) is 3.84. The standard InChI is InChI=1S/C9H12ClNO/c1-6(5-11)7-3-2-4-8(10)9(7)12/h2-4,6,12H,5,11H2,1H3. The fourth-order valence-corrected chi connectivity index (χ4v) is 1.24. The summed E-state index contributed by atoms with van der Waals surface area (Å²) in [6, 6.07) is 5.30. The molecule has 0 aliphatic rings. The van der Waals surface area contributed by atoms with Crippen LogP contribution in [0.4, 0.5) is 0 Å². The van der Waals surface area contributed by atoms with Crippen LogP contribution in [0.25, 0.3) is 0 Å². The number of halogens is 1. The first kappa shape index (κ1) is 9.36. The third-order valence-corrected chi connectivity index (χ3v) is 2.21. The Hall–Kier alpha value is -0.730. The molecule has 0 aromatic heterocycles. The van der Waals surface area contributed by atoms with Crippen LogP contribution in [-0.4, -0.2) is 11.7 Å². The zero-order chi connectivity index (χ0) is 9.14. The van der Waals surface area contributed by atoms with Crippen molar-refractivity contribution in [3.8, 4) is 5.75 Å². The first-order valence-corrected chi connectivity index (χ1v) is 4.22. The van der Waals surface area contributed by atoms with Crippen molar-refractivity contribution in [1.82, 2.24) is 0 Å². The number of hydrogen-bond acceptors (Lipinski definition) is 2. The Morgan fingerprint density at radius 3 is 2.83 bits per heavy atom. The highest BCUT2D eigenvalue weighted by Crippen LogP contribution is 2.31. The molecule has 0 heterocycles. The topological polar surface area (TPSA) is 46.2 Å². The van der Waals surface area contributed by atoms with Crippen molar-refractivity contribution in [3.63, 3.8) is 0 Å². The summed E-state index contributed by atoms with van der Waals surface area (Å²) in [6.45, 7) is 2.46. The van der Waals surface area contributed by atoms with Crippen LogP contribution in [0.1, 0.15) is 18.4 Å². The van der Waals surface area contributed by atoms with Crippen LogP contribution in [0.15, 0.2) is 18.2 Å². The Kier molecular flexibility index (Phi) is 2.95. The molecular weight excluding hydrogens is 174 g/mol. The molecule has 1 rings (SSSR count). The van der Waals surface area contributed by atoms with Gasteiger partial charge in [0.25, 0.3) is 0 Å². The first-order chi connectivity index (χ1) is 5.66. The summed E-state index contributed by atoms with van der Waals surface area (Å²) < 4.78 is 0. The molecule has 0 saturated heterocycles. The molecule has 0 aliphatic heterocycles. The average Bonchev–Trinajstić information content (AvgIpc) is 2.08. The molecule has 1 aromatic carbocycles. The molecule has 0 bridgehead atoms. The van der Waals surface area contributed by atoms with Crippen LogP contribution in [0.5, 0.6) is 5.75 Å². The number of aromatic hydroxyl groups is 1. The van der Waals surface area contributed by atoms with Crippen LogP contribution in [0.3, 0.4) is 0 Å². The largest absolute Gasteiger partial charge is 0.506 e. The van der Waals surface area contributed by atoms with Crippen molar-refractivity contribution in [2.75, 3.05) is 6.54 Å². The third-order valence-electron chi connectivity index (χ3n) is 1.90. The summed E-state index contributed by atoms with van der Waals surface area (Å²) in [6.07, 6.45) is 0. The number of phenols is 1. The summed E-state index contributed by atoms with van der Waals surface area (Å²) in [5.74, 6) is 0.292. The Morgan fingerprint density at radius 2 is 2.25 bits per heavy atom. The zero-order valence-corrected chi connectivity index (χ0v) is 7.67. The minimum Gasteiger partial charge on any atom is -0.506 e. The normalized spacial score (nSPS) is 12.9. The molecule has 3 heteroatoms. The molecule has 66 valence electrons. The van der Waals surface area contributed by atoms with Gasteiger partial charge in [0, 0.05) is 0 Å². The second-order valence-corrected chi connectivity index (χ2v) is 3.22. The fourth-order valence-electron chi connectivity index (χ4n) is 1.06. The number of rotatable bonds is 2. The fraction of sp³-hybridized carbons (Fsp3) is 0.333. The molecule has 0 amide bonds. The van der Waals surface area contributed by atoms with Gasteiger partial charge < -0.3 is 10.8 Å². The van der Waals surface area contributed by atoms with E-state index in [2.05, 4.69) is 0 Å². The van der Waals surface area contributed by atoms with Crippen LogP contribution >= 0.6 is 11.6 Å². The second-order valence-electron chi connectivity index (χ2n) is 2.81. The van der Waals surface area contributed by atoms with Gasteiger partial charge in [-0.2, -0.15) is 0 Å². The molecule has 0 fully saturated rings. The van der Waals surface area contributed by atoms with Gasteiger partial charge in [-0.05, 0) is 24.1 Å². The van der Waals surface area contributed by atoms with E-state index >= 15 is 0 Å². The highest BCUT2D eigenvalue weighted by molar-refractivity contribution is 6.32. The predicted molar refractivity (Wildman–Crippen MR) is 50.6 cm³/mol. The van der Waals surface area contributed by atoms with Gasteiger partial charge in [-0.25, -0.2) is 0 Å². The zero-order valence-electron chi connectivity index (χ0n) is 6.92. The number of hydrogen-bond donors (Lipinski definition) is 2. The number of benzene rings is 1. The number of para-hydroxylation sites is 1. The predicted octanol–water partition coefficient (Wildman–Crippen LogP) is 2.11. The lowest BCUT2D eigenvalue weighted by atomic mass is 10.0. The van der Waals surface area contributed by atoms with E-state index in [0.717, 1.165) is 5.56 Å². The maximum absolute atomic E-state index is 9.51. The smallest absolute Gasteiger partial charge is 0.137 e. The van der Waals surface area contributed by atoms with E-state index in [1.54, 1.807) is 6.07 Å². The SMILES string of the molecule is CC(CN)c1cccc(Cl)c1O. The van der Waals surface area contributed by atoms with Crippen LogP contribution in [0.2, 0.25) is 5.02 Å². The lowest BCUT2D eigenvalue weighted by Gasteiger charge is -2.11. The lowest BCUT2D eigenvalue weighted by molar-refractivity contribution is 0.463.